The number of halogens is 3. The van der Waals surface area contributed by atoms with Gasteiger partial charge in [0.2, 0.25) is 5.95 Å². The quantitative estimate of drug-likeness (QED) is 0.811. The second-order valence-corrected chi connectivity index (χ2v) is 8.11. The number of rotatable bonds is 3. The molecule has 0 spiro atoms. The van der Waals surface area contributed by atoms with E-state index in [1.807, 2.05) is 11.5 Å². The molecule has 2 saturated heterocycles. The van der Waals surface area contributed by atoms with Crippen LogP contribution in [0, 0.1) is 10.8 Å². The predicted octanol–water partition coefficient (Wildman–Crippen LogP) is 3.85. The molecule has 2 aromatic rings. The first-order valence-corrected chi connectivity index (χ1v) is 9.10. The van der Waals surface area contributed by atoms with E-state index in [0.29, 0.717) is 17.9 Å². The van der Waals surface area contributed by atoms with Gasteiger partial charge in [-0.1, -0.05) is 26.0 Å². The van der Waals surface area contributed by atoms with Gasteiger partial charge in [-0.2, -0.15) is 13.2 Å². The molecule has 0 saturated carbocycles. The minimum absolute atomic E-state index is 0.0615. The number of nitrogens with zero attached hydrogens (tertiary/aromatic N) is 4. The van der Waals surface area contributed by atoms with Crippen molar-refractivity contribution in [2.75, 3.05) is 31.2 Å². The summed E-state index contributed by atoms with van der Waals surface area (Å²) < 4.78 is 46.1. The first kappa shape index (κ1) is 18.3. The molecule has 0 radical (unpaired) electrons. The predicted molar refractivity (Wildman–Crippen MR) is 95.4 cm³/mol. The van der Waals surface area contributed by atoms with E-state index in [1.165, 1.54) is 12.1 Å². The van der Waals surface area contributed by atoms with Crippen molar-refractivity contribution in [3.63, 3.8) is 0 Å². The zero-order valence-electron chi connectivity index (χ0n) is 15.7. The number of alkyl halides is 3. The van der Waals surface area contributed by atoms with E-state index in [-0.39, 0.29) is 10.8 Å². The van der Waals surface area contributed by atoms with Crippen molar-refractivity contribution >= 4 is 5.95 Å². The van der Waals surface area contributed by atoms with Gasteiger partial charge >= 0.3 is 6.18 Å². The third-order valence-electron chi connectivity index (χ3n) is 6.18. The van der Waals surface area contributed by atoms with Crippen LogP contribution in [0.25, 0.3) is 11.4 Å². The van der Waals surface area contributed by atoms with Crippen molar-refractivity contribution in [2.24, 2.45) is 10.8 Å². The molecule has 5 nitrogen and oxygen atoms in total. The second-order valence-electron chi connectivity index (χ2n) is 8.11. The molecule has 8 heteroatoms. The van der Waals surface area contributed by atoms with Crippen LogP contribution < -0.4 is 4.90 Å². The smallest absolute Gasteiger partial charge is 0.380 e. The Kier molecular flexibility index (Phi) is 4.03. The van der Waals surface area contributed by atoms with Gasteiger partial charge in [0.05, 0.1) is 18.8 Å². The Labute approximate surface area is 156 Å². The summed E-state index contributed by atoms with van der Waals surface area (Å²) in [5, 5.41) is 8.67. The number of ether oxygens (including phenoxy) is 1. The lowest BCUT2D eigenvalue weighted by atomic mass is 9.71. The van der Waals surface area contributed by atoms with Crippen LogP contribution in [0.4, 0.5) is 19.1 Å². The van der Waals surface area contributed by atoms with Gasteiger partial charge in [-0.15, -0.1) is 10.2 Å². The summed E-state index contributed by atoms with van der Waals surface area (Å²) in [6.45, 7) is 10.2. The Morgan fingerprint density at radius 1 is 1.04 bits per heavy atom. The lowest BCUT2D eigenvalue weighted by Crippen LogP contribution is -2.34. The van der Waals surface area contributed by atoms with E-state index >= 15 is 0 Å². The fraction of sp³-hybridized carbons (Fsp3) is 0.579. The van der Waals surface area contributed by atoms with E-state index in [4.69, 9.17) is 4.74 Å². The lowest BCUT2D eigenvalue weighted by molar-refractivity contribution is -0.137. The topological polar surface area (TPSA) is 43.2 Å². The first-order valence-electron chi connectivity index (χ1n) is 9.10. The van der Waals surface area contributed by atoms with E-state index in [2.05, 4.69) is 28.9 Å². The van der Waals surface area contributed by atoms with Gasteiger partial charge in [0.25, 0.3) is 0 Å². The van der Waals surface area contributed by atoms with Crippen LogP contribution in [0.3, 0.4) is 0 Å². The SMILES string of the molecule is CCn1c(-c2ccc(C(F)(F)F)cc2)nnc1N1C[C@]2(C)COC[C@]2(C)C1. The van der Waals surface area contributed by atoms with E-state index in [1.54, 1.807) is 0 Å². The molecular formula is C19H23F3N4O. The largest absolute Gasteiger partial charge is 0.416 e. The summed E-state index contributed by atoms with van der Waals surface area (Å²) in [5.41, 5.74) is 0.0870. The maximum atomic E-state index is 12.8. The molecule has 0 unspecified atom stereocenters. The molecule has 3 heterocycles. The molecule has 2 atom stereocenters. The van der Waals surface area contributed by atoms with Crippen molar-refractivity contribution in [1.29, 1.82) is 0 Å². The molecule has 1 aromatic carbocycles. The Morgan fingerprint density at radius 3 is 2.15 bits per heavy atom. The normalized spacial score (nSPS) is 28.0. The lowest BCUT2D eigenvalue weighted by Gasteiger charge is -2.29. The molecule has 0 N–H and O–H groups in total. The molecule has 0 aliphatic carbocycles. The number of hydrogen-bond donors (Lipinski definition) is 0. The van der Waals surface area contributed by atoms with Crippen molar-refractivity contribution in [3.8, 4) is 11.4 Å². The first-order chi connectivity index (χ1) is 12.7. The van der Waals surface area contributed by atoms with Crippen molar-refractivity contribution < 1.29 is 17.9 Å². The highest BCUT2D eigenvalue weighted by atomic mass is 19.4. The maximum Gasteiger partial charge on any atom is 0.416 e. The highest BCUT2D eigenvalue weighted by Gasteiger charge is 2.56. The van der Waals surface area contributed by atoms with Gasteiger partial charge in [0, 0.05) is 36.0 Å². The minimum atomic E-state index is -4.34. The van der Waals surface area contributed by atoms with Gasteiger partial charge in [-0.05, 0) is 19.1 Å². The summed E-state index contributed by atoms with van der Waals surface area (Å²) in [6.07, 6.45) is -4.34. The number of hydrogen-bond acceptors (Lipinski definition) is 4. The van der Waals surface area contributed by atoms with E-state index in [9.17, 15) is 13.2 Å². The Balaban J connectivity index is 1.66. The fourth-order valence-corrected chi connectivity index (χ4v) is 4.20. The third-order valence-corrected chi connectivity index (χ3v) is 6.18. The van der Waals surface area contributed by atoms with Crippen LogP contribution in [-0.4, -0.2) is 41.1 Å². The van der Waals surface area contributed by atoms with Crippen LogP contribution in [0.5, 0.6) is 0 Å². The zero-order valence-corrected chi connectivity index (χ0v) is 15.7. The summed E-state index contributed by atoms with van der Waals surface area (Å²) >= 11 is 0. The molecule has 4 rings (SSSR count). The molecule has 0 bridgehead atoms. The van der Waals surface area contributed by atoms with Crippen LogP contribution >= 0.6 is 0 Å². The fourth-order valence-electron chi connectivity index (χ4n) is 4.20. The molecule has 2 aliphatic heterocycles. The van der Waals surface area contributed by atoms with Crippen LogP contribution in [0.15, 0.2) is 24.3 Å². The summed E-state index contributed by atoms with van der Waals surface area (Å²) in [6, 6.07) is 5.09. The Bertz CT molecular complexity index is 830. The number of fused-ring (bicyclic) bond motifs is 1. The third kappa shape index (κ3) is 2.81. The van der Waals surface area contributed by atoms with Crippen molar-refractivity contribution in [2.45, 2.75) is 33.5 Å². The van der Waals surface area contributed by atoms with Crippen LogP contribution in [0.2, 0.25) is 0 Å². The Hall–Kier alpha value is -2.09. The van der Waals surface area contributed by atoms with Gasteiger partial charge in [-0.25, -0.2) is 0 Å². The minimum Gasteiger partial charge on any atom is -0.380 e. The molecule has 1 aromatic heterocycles. The van der Waals surface area contributed by atoms with E-state index in [0.717, 1.165) is 44.4 Å². The molecule has 2 aliphatic rings. The van der Waals surface area contributed by atoms with Crippen LogP contribution in [0.1, 0.15) is 26.3 Å². The molecule has 0 amide bonds. The molecule has 146 valence electrons. The zero-order chi connectivity index (χ0) is 19.4. The Morgan fingerprint density at radius 2 is 1.63 bits per heavy atom. The average Bonchev–Trinajstić information content (AvgIpc) is 3.21. The highest BCUT2D eigenvalue weighted by molar-refractivity contribution is 5.58. The van der Waals surface area contributed by atoms with Crippen LogP contribution in [-0.2, 0) is 17.5 Å². The monoisotopic (exact) mass is 380 g/mol. The molecule has 2 fully saturated rings. The standard InChI is InChI=1S/C19H23F3N4O/c1-4-26-15(13-5-7-14(8-6-13)19(20,21)22)23-24-16(26)25-9-17(2)11-27-12-18(17,3)10-25/h5-8H,4,9-12H2,1-3H3/t17-,18+. The molecular weight excluding hydrogens is 357 g/mol. The van der Waals surface area contributed by atoms with Gasteiger partial charge < -0.3 is 9.64 Å². The van der Waals surface area contributed by atoms with Gasteiger partial charge in [-0.3, -0.25) is 4.57 Å². The summed E-state index contributed by atoms with van der Waals surface area (Å²) in [5.74, 6) is 1.36. The second kappa shape index (κ2) is 5.95. The summed E-state index contributed by atoms with van der Waals surface area (Å²) in [7, 11) is 0. The molecule has 27 heavy (non-hydrogen) atoms. The maximum absolute atomic E-state index is 12.8. The van der Waals surface area contributed by atoms with Crippen molar-refractivity contribution in [3.05, 3.63) is 29.8 Å². The summed E-state index contributed by atoms with van der Waals surface area (Å²) in [4.78, 5) is 2.23. The van der Waals surface area contributed by atoms with Gasteiger partial charge in [0.15, 0.2) is 5.82 Å². The highest BCUT2D eigenvalue weighted by Crippen LogP contribution is 2.51. The average molecular weight is 380 g/mol. The number of anilines is 1. The number of benzene rings is 1. The van der Waals surface area contributed by atoms with Gasteiger partial charge in [0.1, 0.15) is 0 Å². The number of aromatic nitrogens is 3. The van der Waals surface area contributed by atoms with Crippen molar-refractivity contribution in [1.82, 2.24) is 14.8 Å². The van der Waals surface area contributed by atoms with E-state index < -0.39 is 11.7 Å².